The van der Waals surface area contributed by atoms with Crippen LogP contribution in [-0.2, 0) is 4.79 Å². The fraction of sp³-hybridized carbons (Fsp3) is 0.154. The van der Waals surface area contributed by atoms with Crippen LogP contribution in [0.4, 0.5) is 10.9 Å². The van der Waals surface area contributed by atoms with Gasteiger partial charge in [0.2, 0.25) is 5.91 Å². The first-order valence-electron chi connectivity index (χ1n) is 5.73. The highest BCUT2D eigenvalue weighted by atomic mass is 32.1. The molecule has 0 bridgehead atoms. The van der Waals surface area contributed by atoms with Gasteiger partial charge >= 0.3 is 0 Å². The van der Waals surface area contributed by atoms with Crippen molar-refractivity contribution < 1.29 is 4.79 Å². The molecule has 0 aliphatic carbocycles. The fourth-order valence-electron chi connectivity index (χ4n) is 2.20. The topological polar surface area (TPSA) is 91.8 Å². The van der Waals surface area contributed by atoms with E-state index in [9.17, 15) is 4.79 Å². The molecule has 0 spiro atoms. The van der Waals surface area contributed by atoms with Crippen molar-refractivity contribution in [2.75, 3.05) is 11.1 Å². The number of thiazole rings is 1. The summed E-state index contributed by atoms with van der Waals surface area (Å²) in [5.41, 5.74) is 7.31. The summed E-state index contributed by atoms with van der Waals surface area (Å²) in [5.74, 6) is 0.464. The van der Waals surface area contributed by atoms with Crippen molar-refractivity contribution in [2.24, 2.45) is 0 Å². The zero-order valence-electron chi connectivity index (χ0n) is 9.88. The van der Waals surface area contributed by atoms with E-state index in [4.69, 9.17) is 11.0 Å². The Morgan fingerprint density at radius 2 is 2.16 bits per heavy atom. The van der Waals surface area contributed by atoms with E-state index in [1.807, 2.05) is 12.1 Å². The first-order valence-corrected chi connectivity index (χ1v) is 6.55. The predicted molar refractivity (Wildman–Crippen MR) is 72.8 cm³/mol. The second-order valence-corrected chi connectivity index (χ2v) is 5.37. The highest BCUT2D eigenvalue weighted by Gasteiger charge is 2.29. The SMILES string of the molecule is N#Cc1ccc(C2CC(=O)Nc3nc(N)sc32)cc1. The van der Waals surface area contributed by atoms with Gasteiger partial charge in [-0.25, -0.2) is 4.98 Å². The van der Waals surface area contributed by atoms with E-state index >= 15 is 0 Å². The zero-order valence-corrected chi connectivity index (χ0v) is 10.7. The number of nitrogens with one attached hydrogen (secondary N) is 1. The van der Waals surface area contributed by atoms with Crippen molar-refractivity contribution in [3.8, 4) is 6.07 Å². The normalized spacial score (nSPS) is 17.4. The molecule has 3 N–H and O–H groups in total. The molecule has 1 atom stereocenters. The lowest BCUT2D eigenvalue weighted by molar-refractivity contribution is -0.116. The lowest BCUT2D eigenvalue weighted by atomic mass is 9.91. The van der Waals surface area contributed by atoms with Crippen molar-refractivity contribution in [3.05, 3.63) is 40.3 Å². The van der Waals surface area contributed by atoms with Crippen LogP contribution >= 0.6 is 11.3 Å². The maximum atomic E-state index is 11.7. The first kappa shape index (κ1) is 11.7. The number of hydrogen-bond donors (Lipinski definition) is 2. The number of rotatable bonds is 1. The van der Waals surface area contributed by atoms with Crippen LogP contribution in [0.2, 0.25) is 0 Å². The molecule has 1 aromatic carbocycles. The average molecular weight is 270 g/mol. The number of carbonyl (C=O) groups is 1. The molecule has 6 heteroatoms. The van der Waals surface area contributed by atoms with E-state index in [0.29, 0.717) is 22.9 Å². The van der Waals surface area contributed by atoms with Crippen LogP contribution in [-0.4, -0.2) is 10.9 Å². The third-order valence-corrected chi connectivity index (χ3v) is 4.07. The minimum atomic E-state index is -0.0628. The van der Waals surface area contributed by atoms with Gasteiger partial charge in [0.15, 0.2) is 5.13 Å². The van der Waals surface area contributed by atoms with Gasteiger partial charge in [0.05, 0.1) is 16.5 Å². The summed E-state index contributed by atoms with van der Waals surface area (Å²) >= 11 is 1.39. The van der Waals surface area contributed by atoms with E-state index in [1.165, 1.54) is 11.3 Å². The van der Waals surface area contributed by atoms with Crippen LogP contribution in [0.1, 0.15) is 28.3 Å². The highest BCUT2D eigenvalue weighted by molar-refractivity contribution is 7.16. The summed E-state index contributed by atoms with van der Waals surface area (Å²) in [4.78, 5) is 16.8. The minimum Gasteiger partial charge on any atom is -0.375 e. The summed E-state index contributed by atoms with van der Waals surface area (Å²) in [6, 6.07) is 9.34. The lowest BCUT2D eigenvalue weighted by Crippen LogP contribution is -2.22. The monoisotopic (exact) mass is 270 g/mol. The van der Waals surface area contributed by atoms with Gasteiger partial charge in [-0.15, -0.1) is 0 Å². The maximum absolute atomic E-state index is 11.7. The zero-order chi connectivity index (χ0) is 13.4. The molecule has 0 saturated carbocycles. The summed E-state index contributed by atoms with van der Waals surface area (Å²) in [6.07, 6.45) is 0.376. The number of fused-ring (bicyclic) bond motifs is 1. The Balaban J connectivity index is 2.04. The largest absolute Gasteiger partial charge is 0.375 e. The number of nitrogen functional groups attached to an aromatic ring is 1. The first-order chi connectivity index (χ1) is 9.17. The quantitative estimate of drug-likeness (QED) is 0.829. The second kappa shape index (κ2) is 4.37. The van der Waals surface area contributed by atoms with Gasteiger partial charge in [-0.1, -0.05) is 23.5 Å². The lowest BCUT2D eigenvalue weighted by Gasteiger charge is -2.21. The molecule has 94 valence electrons. The molecule has 1 unspecified atom stereocenters. The molecule has 3 rings (SSSR count). The van der Waals surface area contributed by atoms with Crippen molar-refractivity contribution >= 4 is 28.2 Å². The van der Waals surface area contributed by atoms with E-state index in [1.54, 1.807) is 12.1 Å². The number of aromatic nitrogens is 1. The Bertz CT molecular complexity index is 684. The second-order valence-electron chi connectivity index (χ2n) is 4.30. The summed E-state index contributed by atoms with van der Waals surface area (Å²) in [5, 5.41) is 12.0. The number of hydrogen-bond acceptors (Lipinski definition) is 5. The number of anilines is 2. The Morgan fingerprint density at radius 1 is 1.42 bits per heavy atom. The molecule has 2 aromatic rings. The Morgan fingerprint density at radius 3 is 2.84 bits per heavy atom. The van der Waals surface area contributed by atoms with Crippen LogP contribution < -0.4 is 11.1 Å². The third kappa shape index (κ3) is 2.04. The Kier molecular flexibility index (Phi) is 2.69. The molecule has 1 amide bonds. The van der Waals surface area contributed by atoms with Crippen LogP contribution in [0.3, 0.4) is 0 Å². The fourth-order valence-corrected chi connectivity index (χ4v) is 3.11. The number of benzene rings is 1. The van der Waals surface area contributed by atoms with Gasteiger partial charge in [-0.2, -0.15) is 5.26 Å². The van der Waals surface area contributed by atoms with Crippen LogP contribution in [0.5, 0.6) is 0 Å². The van der Waals surface area contributed by atoms with Crippen LogP contribution in [0.15, 0.2) is 24.3 Å². The molecule has 5 nitrogen and oxygen atoms in total. The van der Waals surface area contributed by atoms with Crippen LogP contribution in [0, 0.1) is 11.3 Å². The molecule has 0 radical (unpaired) electrons. The number of nitrogens with two attached hydrogens (primary N) is 1. The highest BCUT2D eigenvalue weighted by Crippen LogP contribution is 2.41. The molecule has 0 fully saturated rings. The van der Waals surface area contributed by atoms with Gasteiger partial charge in [-0.05, 0) is 17.7 Å². The van der Waals surface area contributed by atoms with E-state index < -0.39 is 0 Å². The predicted octanol–water partition coefficient (Wildman–Crippen LogP) is 2.07. The van der Waals surface area contributed by atoms with Gasteiger partial charge in [0.1, 0.15) is 5.82 Å². The number of amides is 1. The van der Waals surface area contributed by atoms with Gasteiger partial charge in [0, 0.05) is 12.3 Å². The average Bonchev–Trinajstić information content (AvgIpc) is 2.78. The van der Waals surface area contributed by atoms with Crippen molar-refractivity contribution in [3.63, 3.8) is 0 Å². The van der Waals surface area contributed by atoms with Crippen molar-refractivity contribution in [1.82, 2.24) is 4.98 Å². The van der Waals surface area contributed by atoms with Gasteiger partial charge in [-0.3, -0.25) is 4.79 Å². The molecule has 19 heavy (non-hydrogen) atoms. The molecule has 2 heterocycles. The van der Waals surface area contributed by atoms with Crippen LogP contribution in [0.25, 0.3) is 0 Å². The summed E-state index contributed by atoms with van der Waals surface area (Å²) < 4.78 is 0. The van der Waals surface area contributed by atoms with Crippen molar-refractivity contribution in [1.29, 1.82) is 5.26 Å². The van der Waals surface area contributed by atoms with Gasteiger partial charge < -0.3 is 11.1 Å². The molecule has 1 aromatic heterocycles. The molecule has 0 saturated heterocycles. The Labute approximate surface area is 113 Å². The minimum absolute atomic E-state index is 0.0358. The number of nitrogens with zero attached hydrogens (tertiary/aromatic N) is 2. The van der Waals surface area contributed by atoms with E-state index in [0.717, 1.165) is 10.4 Å². The summed E-state index contributed by atoms with van der Waals surface area (Å²) in [7, 11) is 0. The van der Waals surface area contributed by atoms with Gasteiger partial charge in [0.25, 0.3) is 0 Å². The molecule has 1 aliphatic heterocycles. The maximum Gasteiger partial charge on any atom is 0.226 e. The van der Waals surface area contributed by atoms with Crippen molar-refractivity contribution in [2.45, 2.75) is 12.3 Å². The standard InChI is InChI=1S/C13H10N4OS/c14-6-7-1-3-8(4-2-7)9-5-10(18)16-12-11(9)19-13(15)17-12/h1-4,9H,5H2,(H2,15,17)(H,16,18). The number of carbonyl (C=O) groups excluding carboxylic acids is 1. The van der Waals surface area contributed by atoms with E-state index in [2.05, 4.69) is 16.4 Å². The molecule has 1 aliphatic rings. The number of nitriles is 1. The smallest absolute Gasteiger partial charge is 0.226 e. The van der Waals surface area contributed by atoms with E-state index in [-0.39, 0.29) is 11.8 Å². The Hall–Kier alpha value is -2.39. The molecular formula is C13H10N4OS. The molecular weight excluding hydrogens is 260 g/mol. The third-order valence-electron chi connectivity index (χ3n) is 3.08. The summed E-state index contributed by atoms with van der Waals surface area (Å²) in [6.45, 7) is 0.